The van der Waals surface area contributed by atoms with Crippen molar-refractivity contribution in [2.45, 2.75) is 20.3 Å². The Kier molecular flexibility index (Phi) is 4.51. The molecule has 16 heavy (non-hydrogen) atoms. The molecule has 4 nitrogen and oxygen atoms in total. The minimum atomic E-state index is -0.557. The van der Waals surface area contributed by atoms with Crippen LogP contribution in [0.4, 0.5) is 4.79 Å². The molecule has 1 amide bonds. The van der Waals surface area contributed by atoms with Gasteiger partial charge in [0.1, 0.15) is 0 Å². The first kappa shape index (κ1) is 12.2. The van der Waals surface area contributed by atoms with E-state index in [4.69, 9.17) is 0 Å². The number of rotatable bonds is 3. The molecule has 0 radical (unpaired) electrons. The zero-order chi connectivity index (χ0) is 12.0. The number of methoxy groups -OCH3 is 1. The van der Waals surface area contributed by atoms with E-state index in [0.29, 0.717) is 0 Å². The van der Waals surface area contributed by atoms with Crippen molar-refractivity contribution in [3.05, 3.63) is 35.4 Å². The fraction of sp³-hybridized carbons (Fsp3) is 0.333. The number of benzene rings is 1. The summed E-state index contributed by atoms with van der Waals surface area (Å²) in [5, 5.41) is 4.00. The summed E-state index contributed by atoms with van der Waals surface area (Å²) in [5.74, 6) is 0. The van der Waals surface area contributed by atoms with E-state index in [1.54, 1.807) is 0 Å². The van der Waals surface area contributed by atoms with Crippen molar-refractivity contribution < 1.29 is 9.53 Å². The van der Waals surface area contributed by atoms with Gasteiger partial charge in [0.05, 0.1) is 12.8 Å². The van der Waals surface area contributed by atoms with Crippen LogP contribution in [0.5, 0.6) is 0 Å². The number of nitrogens with one attached hydrogen (secondary N) is 1. The van der Waals surface area contributed by atoms with Gasteiger partial charge in [-0.1, -0.05) is 36.8 Å². The van der Waals surface area contributed by atoms with Gasteiger partial charge in [0.25, 0.3) is 0 Å². The zero-order valence-corrected chi connectivity index (χ0v) is 9.78. The Balaban J connectivity index is 2.81. The van der Waals surface area contributed by atoms with Gasteiger partial charge in [0.15, 0.2) is 0 Å². The standard InChI is InChI=1S/C12H16N2O2/c1-4-11(13-14-12(15)16-3)10-7-5-9(2)6-8-10/h5-8H,4H2,1-3H3,(H,14,15). The highest BCUT2D eigenvalue weighted by Crippen LogP contribution is 2.06. The van der Waals surface area contributed by atoms with Crippen molar-refractivity contribution in [3.8, 4) is 0 Å². The molecule has 4 heteroatoms. The second-order valence-electron chi connectivity index (χ2n) is 3.38. The van der Waals surface area contributed by atoms with Crippen LogP contribution in [0.25, 0.3) is 0 Å². The minimum Gasteiger partial charge on any atom is -0.452 e. The summed E-state index contributed by atoms with van der Waals surface area (Å²) < 4.78 is 4.44. The van der Waals surface area contributed by atoms with Gasteiger partial charge < -0.3 is 4.74 Å². The molecule has 0 aliphatic rings. The van der Waals surface area contributed by atoms with Crippen molar-refractivity contribution in [3.63, 3.8) is 0 Å². The number of hydrogen-bond acceptors (Lipinski definition) is 3. The maximum Gasteiger partial charge on any atom is 0.427 e. The fourth-order valence-electron chi connectivity index (χ4n) is 1.25. The molecule has 1 aromatic carbocycles. The molecule has 86 valence electrons. The van der Waals surface area contributed by atoms with E-state index >= 15 is 0 Å². The molecule has 0 aliphatic heterocycles. The molecule has 0 spiro atoms. The molecule has 0 saturated carbocycles. The Morgan fingerprint density at radius 3 is 2.50 bits per heavy atom. The van der Waals surface area contributed by atoms with Gasteiger partial charge in [0.2, 0.25) is 0 Å². The van der Waals surface area contributed by atoms with E-state index < -0.39 is 6.09 Å². The number of carbonyl (C=O) groups is 1. The van der Waals surface area contributed by atoms with E-state index in [2.05, 4.69) is 15.3 Å². The van der Waals surface area contributed by atoms with Crippen molar-refractivity contribution in [2.75, 3.05) is 7.11 Å². The fourth-order valence-corrected chi connectivity index (χ4v) is 1.25. The molecule has 1 N–H and O–H groups in total. The lowest BCUT2D eigenvalue weighted by molar-refractivity contribution is 0.171. The third-order valence-corrected chi connectivity index (χ3v) is 2.19. The molecular weight excluding hydrogens is 204 g/mol. The molecule has 0 heterocycles. The van der Waals surface area contributed by atoms with Gasteiger partial charge >= 0.3 is 6.09 Å². The number of ether oxygens (including phenoxy) is 1. The van der Waals surface area contributed by atoms with Gasteiger partial charge in [-0.15, -0.1) is 0 Å². The molecule has 0 aromatic heterocycles. The van der Waals surface area contributed by atoms with Crippen LogP contribution in [0.1, 0.15) is 24.5 Å². The largest absolute Gasteiger partial charge is 0.452 e. The van der Waals surface area contributed by atoms with Crippen molar-refractivity contribution in [1.29, 1.82) is 0 Å². The van der Waals surface area contributed by atoms with Crippen LogP contribution in [-0.2, 0) is 4.74 Å². The highest BCUT2D eigenvalue weighted by molar-refractivity contribution is 6.00. The van der Waals surface area contributed by atoms with Crippen LogP contribution in [0, 0.1) is 6.92 Å². The van der Waals surface area contributed by atoms with Crippen LogP contribution in [0.2, 0.25) is 0 Å². The third kappa shape index (κ3) is 3.38. The third-order valence-electron chi connectivity index (χ3n) is 2.19. The minimum absolute atomic E-state index is 0.557. The monoisotopic (exact) mass is 220 g/mol. The van der Waals surface area contributed by atoms with E-state index in [0.717, 1.165) is 17.7 Å². The van der Waals surface area contributed by atoms with Gasteiger partial charge in [-0.05, 0) is 18.9 Å². The topological polar surface area (TPSA) is 50.7 Å². The van der Waals surface area contributed by atoms with Gasteiger partial charge in [-0.3, -0.25) is 0 Å². The summed E-state index contributed by atoms with van der Waals surface area (Å²) in [4.78, 5) is 10.9. The van der Waals surface area contributed by atoms with Crippen molar-refractivity contribution >= 4 is 11.8 Å². The van der Waals surface area contributed by atoms with E-state index in [-0.39, 0.29) is 0 Å². The van der Waals surface area contributed by atoms with Crippen molar-refractivity contribution in [2.24, 2.45) is 5.10 Å². The molecule has 0 saturated heterocycles. The molecule has 0 fully saturated rings. The first-order valence-electron chi connectivity index (χ1n) is 5.15. The van der Waals surface area contributed by atoms with Gasteiger partial charge in [-0.2, -0.15) is 5.10 Å². The van der Waals surface area contributed by atoms with Gasteiger partial charge in [-0.25, -0.2) is 10.2 Å². The highest BCUT2D eigenvalue weighted by Gasteiger charge is 2.02. The van der Waals surface area contributed by atoms with E-state index in [1.807, 2.05) is 38.1 Å². The Morgan fingerprint density at radius 2 is 2.00 bits per heavy atom. The Bertz CT molecular complexity index is 383. The molecule has 1 rings (SSSR count). The highest BCUT2D eigenvalue weighted by atomic mass is 16.5. The predicted octanol–water partition coefficient (Wildman–Crippen LogP) is 2.47. The molecule has 0 aliphatic carbocycles. The van der Waals surface area contributed by atoms with Crippen LogP contribution >= 0.6 is 0 Å². The summed E-state index contributed by atoms with van der Waals surface area (Å²) >= 11 is 0. The molecular formula is C12H16N2O2. The second-order valence-corrected chi connectivity index (χ2v) is 3.38. The summed E-state index contributed by atoms with van der Waals surface area (Å²) in [6.07, 6.45) is 0.186. The number of aryl methyl sites for hydroxylation is 1. The van der Waals surface area contributed by atoms with Crippen LogP contribution in [0.3, 0.4) is 0 Å². The lowest BCUT2D eigenvalue weighted by Gasteiger charge is -2.04. The van der Waals surface area contributed by atoms with E-state index in [9.17, 15) is 4.79 Å². The molecule has 1 aromatic rings. The van der Waals surface area contributed by atoms with E-state index in [1.165, 1.54) is 12.7 Å². The number of hydrogen-bond donors (Lipinski definition) is 1. The number of nitrogens with zero attached hydrogens (tertiary/aromatic N) is 1. The summed E-state index contributed by atoms with van der Waals surface area (Å²) in [7, 11) is 1.31. The molecule has 0 unspecified atom stereocenters. The smallest absolute Gasteiger partial charge is 0.427 e. The van der Waals surface area contributed by atoms with Crippen LogP contribution < -0.4 is 5.43 Å². The lowest BCUT2D eigenvalue weighted by atomic mass is 10.1. The number of hydrazone groups is 1. The first-order valence-corrected chi connectivity index (χ1v) is 5.15. The van der Waals surface area contributed by atoms with Crippen LogP contribution in [0.15, 0.2) is 29.4 Å². The molecule has 0 bridgehead atoms. The number of amides is 1. The lowest BCUT2D eigenvalue weighted by Crippen LogP contribution is -2.19. The van der Waals surface area contributed by atoms with Crippen molar-refractivity contribution in [1.82, 2.24) is 5.43 Å². The summed E-state index contributed by atoms with van der Waals surface area (Å²) in [6, 6.07) is 7.99. The maximum absolute atomic E-state index is 10.9. The SMILES string of the molecule is CCC(=NNC(=O)OC)c1ccc(C)cc1. The Hall–Kier alpha value is -1.84. The first-order chi connectivity index (χ1) is 7.67. The normalized spacial score (nSPS) is 11.1. The average molecular weight is 220 g/mol. The second kappa shape index (κ2) is 5.90. The Morgan fingerprint density at radius 1 is 1.38 bits per heavy atom. The predicted molar refractivity (Wildman–Crippen MR) is 63.5 cm³/mol. The average Bonchev–Trinajstić information content (AvgIpc) is 2.31. The number of carbonyl (C=O) groups excluding carboxylic acids is 1. The van der Waals surface area contributed by atoms with Crippen LogP contribution in [-0.4, -0.2) is 18.9 Å². The van der Waals surface area contributed by atoms with Gasteiger partial charge in [0, 0.05) is 0 Å². The summed E-state index contributed by atoms with van der Waals surface area (Å²) in [5.41, 5.74) is 5.35. The quantitative estimate of drug-likeness (QED) is 0.628. The Labute approximate surface area is 95.3 Å². The molecule has 0 atom stereocenters. The summed E-state index contributed by atoms with van der Waals surface area (Å²) in [6.45, 7) is 4.01. The zero-order valence-electron chi connectivity index (χ0n) is 9.78. The maximum atomic E-state index is 10.9.